The van der Waals surface area contributed by atoms with Crippen molar-refractivity contribution in [2.75, 3.05) is 0 Å². The zero-order valence-electron chi connectivity index (χ0n) is 17.5. The summed E-state index contributed by atoms with van der Waals surface area (Å²) < 4.78 is 0. The Labute approximate surface area is 190 Å². The predicted molar refractivity (Wildman–Crippen MR) is 132 cm³/mol. The second-order valence-electron chi connectivity index (χ2n) is 5.58. The van der Waals surface area contributed by atoms with E-state index in [1.807, 2.05) is 24.3 Å². The lowest BCUT2D eigenvalue weighted by molar-refractivity contribution is 1.56. The molecule has 0 aromatic heterocycles. The summed E-state index contributed by atoms with van der Waals surface area (Å²) in [5.74, 6) is 49.2. The highest BCUT2D eigenvalue weighted by molar-refractivity contribution is 5.98. The number of fused-ring (bicyclic) bond motifs is 1. The average molecular weight is 396 g/mol. The molecule has 0 unspecified atom stereocenters. The first kappa shape index (κ1) is 22.6. The first-order chi connectivity index (χ1) is 15.8. The van der Waals surface area contributed by atoms with Gasteiger partial charge in [0.25, 0.3) is 0 Å². The fourth-order valence-corrected chi connectivity index (χ4v) is 2.58. The second kappa shape index (κ2) is 12.7. The smallest absolute Gasteiger partial charge is 0.0588 e. The maximum absolute atomic E-state index is 5.40. The molecule has 0 aliphatic carbocycles. The van der Waals surface area contributed by atoms with E-state index in [9.17, 15) is 0 Å². The van der Waals surface area contributed by atoms with Crippen molar-refractivity contribution in [2.24, 2.45) is 0 Å². The minimum atomic E-state index is 0.550. The van der Waals surface area contributed by atoms with Gasteiger partial charge in [0.1, 0.15) is 0 Å². The summed E-state index contributed by atoms with van der Waals surface area (Å²) >= 11 is 0. The lowest BCUT2D eigenvalue weighted by Gasteiger charge is -2.10. The fraction of sp³-hybridized carbons (Fsp3) is 0.0625. The van der Waals surface area contributed by atoms with Crippen LogP contribution < -0.4 is 0 Å². The third kappa shape index (κ3) is 5.90. The van der Waals surface area contributed by atoms with Crippen molar-refractivity contribution in [1.82, 2.24) is 0 Å². The molecule has 0 N–H and O–H groups in total. The van der Waals surface area contributed by atoms with Crippen LogP contribution in [0.4, 0.5) is 0 Å². The zero-order valence-corrected chi connectivity index (χ0v) is 17.5. The molecule has 2 aromatic rings. The van der Waals surface area contributed by atoms with Gasteiger partial charge in [0, 0.05) is 0 Å². The Morgan fingerprint density at radius 2 is 0.875 bits per heavy atom. The van der Waals surface area contributed by atoms with E-state index in [4.69, 9.17) is 12.8 Å². The van der Waals surface area contributed by atoms with Gasteiger partial charge in [-0.15, -0.1) is 12.8 Å². The van der Waals surface area contributed by atoms with E-state index in [1.165, 1.54) is 0 Å². The molecule has 2 aromatic carbocycles. The number of rotatable bonds is 0. The highest BCUT2D eigenvalue weighted by atomic mass is 14.1. The third-order valence-electron chi connectivity index (χ3n) is 3.74. The minimum absolute atomic E-state index is 0.550. The molecule has 0 nitrogen and oxygen atoms in total. The van der Waals surface area contributed by atoms with Gasteiger partial charge in [-0.1, -0.05) is 59.8 Å². The molecule has 0 heteroatoms. The molecule has 0 spiro atoms. The molecule has 0 atom stereocenters. The molecule has 0 bridgehead atoms. The van der Waals surface area contributed by atoms with Crippen molar-refractivity contribution < 1.29 is 0 Å². The van der Waals surface area contributed by atoms with Crippen LogP contribution in [0.1, 0.15) is 36.1 Å². The molecule has 0 fully saturated rings. The molecular weight excluding hydrogens is 384 g/mol. The lowest BCUT2D eigenvalue weighted by Crippen LogP contribution is -1.98. The molecule has 2 rings (SSSR count). The zero-order chi connectivity index (χ0) is 23.0. The van der Waals surface area contributed by atoms with E-state index in [1.54, 1.807) is 13.8 Å². The van der Waals surface area contributed by atoms with E-state index in [0.717, 1.165) is 10.8 Å². The standard InChI is InChI=1S/C32H12/c1-5-9-13-15-18-24-29-27(21-12-8-4)28(22-16-11-7-3)31-25-19-20-26-32(31)30(29)23-17-14-10-6-2/h2,4,19-20,25-26H,1,3H3. The molecular formula is C32H12. The van der Waals surface area contributed by atoms with E-state index >= 15 is 0 Å². The van der Waals surface area contributed by atoms with Crippen LogP contribution in [0.5, 0.6) is 0 Å². The summed E-state index contributed by atoms with van der Waals surface area (Å²) in [7, 11) is 0. The second-order valence-corrected chi connectivity index (χ2v) is 5.58. The summed E-state index contributed by atoms with van der Waals surface area (Å²) in [4.78, 5) is 0. The first-order valence-electron chi connectivity index (χ1n) is 9.15. The maximum Gasteiger partial charge on any atom is 0.0588 e. The van der Waals surface area contributed by atoms with Crippen LogP contribution in [-0.2, 0) is 0 Å². The number of hydrogen-bond donors (Lipinski definition) is 0. The summed E-state index contributed by atoms with van der Waals surface area (Å²) in [5.41, 5.74) is 2.40. The Morgan fingerprint density at radius 1 is 0.469 bits per heavy atom. The maximum atomic E-state index is 5.40. The van der Waals surface area contributed by atoms with Crippen LogP contribution in [-0.4, -0.2) is 0 Å². The molecule has 0 amide bonds. The van der Waals surface area contributed by atoms with Crippen molar-refractivity contribution in [2.45, 2.75) is 13.8 Å². The van der Waals surface area contributed by atoms with Gasteiger partial charge in [-0.2, -0.15) is 0 Å². The monoisotopic (exact) mass is 396 g/mol. The highest BCUT2D eigenvalue weighted by Crippen LogP contribution is 2.29. The molecule has 0 heterocycles. The van der Waals surface area contributed by atoms with Crippen LogP contribution in [0.2, 0.25) is 0 Å². The third-order valence-corrected chi connectivity index (χ3v) is 3.74. The molecule has 0 aliphatic heterocycles. The number of terminal acetylenes is 2. The van der Waals surface area contributed by atoms with Gasteiger partial charge in [0.2, 0.25) is 0 Å². The van der Waals surface area contributed by atoms with E-state index < -0.39 is 0 Å². The summed E-state index contributed by atoms with van der Waals surface area (Å²) in [6.45, 7) is 3.42. The normalized spacial score (nSPS) is 6.88. The number of benzene rings is 2. The van der Waals surface area contributed by atoms with Crippen molar-refractivity contribution in [1.29, 1.82) is 0 Å². The van der Waals surface area contributed by atoms with Gasteiger partial charge < -0.3 is 0 Å². The first-order valence-corrected chi connectivity index (χ1v) is 9.15. The fourth-order valence-electron chi connectivity index (χ4n) is 2.58. The molecule has 140 valence electrons. The van der Waals surface area contributed by atoms with Crippen molar-refractivity contribution in [3.05, 3.63) is 46.5 Å². The largest absolute Gasteiger partial charge is 0.106 e. The van der Waals surface area contributed by atoms with E-state index in [2.05, 4.69) is 107 Å². The van der Waals surface area contributed by atoms with Gasteiger partial charge >= 0.3 is 0 Å². The topological polar surface area (TPSA) is 0 Å². The highest BCUT2D eigenvalue weighted by Gasteiger charge is 2.15. The van der Waals surface area contributed by atoms with Crippen LogP contribution in [0.3, 0.4) is 0 Å². The van der Waals surface area contributed by atoms with E-state index in [-0.39, 0.29) is 0 Å². The van der Waals surface area contributed by atoms with Crippen molar-refractivity contribution in [3.63, 3.8) is 0 Å². The van der Waals surface area contributed by atoms with Crippen LogP contribution in [0.15, 0.2) is 24.3 Å². The molecule has 0 radical (unpaired) electrons. The average Bonchev–Trinajstić information content (AvgIpc) is 2.82. The predicted octanol–water partition coefficient (Wildman–Crippen LogP) is 3.57. The van der Waals surface area contributed by atoms with Gasteiger partial charge in [0.15, 0.2) is 0 Å². The Morgan fingerprint density at radius 3 is 1.41 bits per heavy atom. The van der Waals surface area contributed by atoms with Crippen LogP contribution in [0.25, 0.3) is 10.8 Å². The Hall–Kier alpha value is -5.70. The van der Waals surface area contributed by atoms with E-state index in [0.29, 0.717) is 22.3 Å². The quantitative estimate of drug-likeness (QED) is 0.598. The minimum Gasteiger partial charge on any atom is -0.106 e. The van der Waals surface area contributed by atoms with Gasteiger partial charge in [-0.3, -0.25) is 0 Å². The lowest BCUT2D eigenvalue weighted by atomic mass is 9.89. The Balaban J connectivity index is 3.11. The SMILES string of the molecule is C#CC#CC#Cc1c(C#CC#CC#CC)c(C#CC#C)c(C#CC#CC)c2ccccc12. The molecule has 32 heavy (non-hydrogen) atoms. The Bertz CT molecular complexity index is 1680. The molecule has 0 saturated heterocycles. The van der Waals surface area contributed by atoms with Crippen molar-refractivity contribution >= 4 is 10.8 Å². The van der Waals surface area contributed by atoms with Gasteiger partial charge in [-0.25, -0.2) is 0 Å². The summed E-state index contributed by atoms with van der Waals surface area (Å²) in [6, 6.07) is 7.69. The number of hydrogen-bond acceptors (Lipinski definition) is 0. The van der Waals surface area contributed by atoms with Gasteiger partial charge in [0.05, 0.1) is 22.3 Å². The Kier molecular flexibility index (Phi) is 8.96. The molecule has 0 saturated carbocycles. The summed E-state index contributed by atoms with van der Waals surface area (Å²) in [6.07, 6.45) is 10.6. The molecule has 0 aliphatic rings. The van der Waals surface area contributed by atoms with Crippen molar-refractivity contribution in [3.8, 4) is 119 Å². The van der Waals surface area contributed by atoms with Crippen LogP contribution >= 0.6 is 0 Å². The van der Waals surface area contributed by atoms with Crippen LogP contribution in [0, 0.1) is 119 Å². The summed E-state index contributed by atoms with van der Waals surface area (Å²) in [5, 5.41) is 1.69. The van der Waals surface area contributed by atoms with Gasteiger partial charge in [-0.05, 0) is 95.7 Å².